The number of nitrogens with one attached hydrogen (secondary N) is 1. The zero-order chi connectivity index (χ0) is 16.4. The molecule has 0 spiro atoms. The molecule has 2 heterocycles. The summed E-state index contributed by atoms with van der Waals surface area (Å²) in [5.74, 6) is -1.59. The minimum atomic E-state index is -0.649. The van der Waals surface area contributed by atoms with Crippen LogP contribution in [0, 0.1) is 11.6 Å². The molecule has 5 nitrogen and oxygen atoms in total. The molecule has 1 amide bonds. The second-order valence-electron chi connectivity index (χ2n) is 5.68. The van der Waals surface area contributed by atoms with Gasteiger partial charge in [0.25, 0.3) is 0 Å². The minimum absolute atomic E-state index is 0.116. The maximum Gasteiger partial charge on any atom is 0.238 e. The maximum atomic E-state index is 13.6. The summed E-state index contributed by atoms with van der Waals surface area (Å²) in [6.07, 6.45) is 3.66. The Morgan fingerprint density at radius 3 is 2.96 bits per heavy atom. The standard InChI is InChI=1S/C16H18F2N4O/c1-21-14(6-7-19-21)15-3-2-8-22(15)10-16(23)20-13-9-11(17)4-5-12(13)18/h4-7,9,15H,2-3,8,10H2,1H3,(H,20,23). The lowest BCUT2D eigenvalue weighted by atomic mass is 10.1. The largest absolute Gasteiger partial charge is 0.322 e. The van der Waals surface area contributed by atoms with Gasteiger partial charge in [-0.25, -0.2) is 8.78 Å². The number of hydrogen-bond donors (Lipinski definition) is 1. The van der Waals surface area contributed by atoms with E-state index in [0.717, 1.165) is 43.3 Å². The molecule has 7 heteroatoms. The highest BCUT2D eigenvalue weighted by Gasteiger charge is 2.29. The molecule has 23 heavy (non-hydrogen) atoms. The molecule has 1 aliphatic rings. The number of benzene rings is 1. The fraction of sp³-hybridized carbons (Fsp3) is 0.375. The number of amides is 1. The molecule has 1 aromatic heterocycles. The monoisotopic (exact) mass is 320 g/mol. The van der Waals surface area contributed by atoms with Crippen molar-refractivity contribution in [3.05, 3.63) is 47.8 Å². The molecule has 1 aliphatic heterocycles. The number of aryl methyl sites for hydroxylation is 1. The molecule has 0 saturated carbocycles. The first kappa shape index (κ1) is 15.6. The fourth-order valence-corrected chi connectivity index (χ4v) is 3.03. The predicted molar refractivity (Wildman–Crippen MR) is 81.7 cm³/mol. The summed E-state index contributed by atoms with van der Waals surface area (Å²) in [7, 11) is 1.87. The van der Waals surface area contributed by atoms with Crippen LogP contribution in [0.3, 0.4) is 0 Å². The zero-order valence-electron chi connectivity index (χ0n) is 12.8. The zero-order valence-corrected chi connectivity index (χ0v) is 12.8. The average Bonchev–Trinajstić information content (AvgIpc) is 3.11. The van der Waals surface area contributed by atoms with Crippen LogP contribution in [0.4, 0.5) is 14.5 Å². The SMILES string of the molecule is Cn1nccc1C1CCCN1CC(=O)Nc1cc(F)ccc1F. The van der Waals surface area contributed by atoms with Crippen LogP contribution in [0.2, 0.25) is 0 Å². The topological polar surface area (TPSA) is 50.2 Å². The van der Waals surface area contributed by atoms with Gasteiger partial charge in [0.05, 0.1) is 24.0 Å². The van der Waals surface area contributed by atoms with E-state index in [1.54, 1.807) is 10.9 Å². The molecule has 0 bridgehead atoms. The van der Waals surface area contributed by atoms with Crippen LogP contribution < -0.4 is 5.32 Å². The van der Waals surface area contributed by atoms with Crippen molar-refractivity contribution in [2.24, 2.45) is 7.05 Å². The minimum Gasteiger partial charge on any atom is -0.322 e. The number of halogens is 2. The van der Waals surface area contributed by atoms with Gasteiger partial charge in [0.2, 0.25) is 5.91 Å². The van der Waals surface area contributed by atoms with Crippen LogP contribution in [-0.4, -0.2) is 33.7 Å². The highest BCUT2D eigenvalue weighted by Crippen LogP contribution is 2.31. The number of nitrogens with zero attached hydrogens (tertiary/aromatic N) is 3. The molecule has 2 aromatic rings. The summed E-state index contributed by atoms with van der Waals surface area (Å²) in [6, 6.07) is 5.05. The van der Waals surface area contributed by atoms with Gasteiger partial charge in [-0.1, -0.05) is 0 Å². The van der Waals surface area contributed by atoms with Crippen LogP contribution in [0.25, 0.3) is 0 Å². The van der Waals surface area contributed by atoms with E-state index in [-0.39, 0.29) is 24.2 Å². The molecule has 0 radical (unpaired) electrons. The highest BCUT2D eigenvalue weighted by atomic mass is 19.1. The Balaban J connectivity index is 1.67. The molecule has 1 unspecified atom stereocenters. The van der Waals surface area contributed by atoms with Crippen molar-refractivity contribution in [3.8, 4) is 0 Å². The van der Waals surface area contributed by atoms with Gasteiger partial charge >= 0.3 is 0 Å². The third kappa shape index (κ3) is 3.39. The third-order valence-corrected chi connectivity index (χ3v) is 4.11. The predicted octanol–water partition coefficient (Wildman–Crippen LogP) is 2.47. The molecular weight excluding hydrogens is 302 g/mol. The summed E-state index contributed by atoms with van der Waals surface area (Å²) in [5, 5.41) is 6.60. The number of rotatable bonds is 4. The summed E-state index contributed by atoms with van der Waals surface area (Å²) in [6.45, 7) is 0.917. The van der Waals surface area contributed by atoms with Crippen LogP contribution in [0.5, 0.6) is 0 Å². The van der Waals surface area contributed by atoms with E-state index in [1.807, 2.05) is 18.0 Å². The van der Waals surface area contributed by atoms with Gasteiger partial charge in [-0.3, -0.25) is 14.4 Å². The first-order chi connectivity index (χ1) is 11.0. The number of carbonyl (C=O) groups is 1. The van der Waals surface area contributed by atoms with E-state index >= 15 is 0 Å². The lowest BCUT2D eigenvalue weighted by molar-refractivity contribution is -0.117. The van der Waals surface area contributed by atoms with Crippen LogP contribution >= 0.6 is 0 Å². The van der Waals surface area contributed by atoms with Crippen LogP contribution in [-0.2, 0) is 11.8 Å². The molecule has 1 saturated heterocycles. The van der Waals surface area contributed by atoms with Gasteiger partial charge in [0.1, 0.15) is 11.6 Å². The smallest absolute Gasteiger partial charge is 0.238 e. The lowest BCUT2D eigenvalue weighted by Gasteiger charge is -2.24. The molecular formula is C16H18F2N4O. The lowest BCUT2D eigenvalue weighted by Crippen LogP contribution is -2.33. The van der Waals surface area contributed by atoms with E-state index in [2.05, 4.69) is 10.4 Å². The Bertz CT molecular complexity index is 716. The molecule has 3 rings (SSSR count). The Labute approximate surface area is 132 Å². The number of anilines is 1. The third-order valence-electron chi connectivity index (χ3n) is 4.11. The van der Waals surface area contributed by atoms with Gasteiger partial charge in [0.15, 0.2) is 0 Å². The molecule has 1 aromatic carbocycles. The van der Waals surface area contributed by atoms with E-state index in [1.165, 1.54) is 0 Å². The first-order valence-corrected chi connectivity index (χ1v) is 7.51. The summed E-state index contributed by atoms with van der Waals surface area (Å²) >= 11 is 0. The Hall–Kier alpha value is -2.28. The Morgan fingerprint density at radius 1 is 1.39 bits per heavy atom. The van der Waals surface area contributed by atoms with Gasteiger partial charge in [-0.05, 0) is 37.6 Å². The van der Waals surface area contributed by atoms with Crippen molar-refractivity contribution in [2.75, 3.05) is 18.4 Å². The van der Waals surface area contributed by atoms with Crippen molar-refractivity contribution >= 4 is 11.6 Å². The van der Waals surface area contributed by atoms with Gasteiger partial charge in [-0.2, -0.15) is 5.10 Å². The highest BCUT2D eigenvalue weighted by molar-refractivity contribution is 5.92. The van der Waals surface area contributed by atoms with E-state index in [4.69, 9.17) is 0 Å². The van der Waals surface area contributed by atoms with Crippen molar-refractivity contribution < 1.29 is 13.6 Å². The molecule has 122 valence electrons. The molecule has 0 aliphatic carbocycles. The quantitative estimate of drug-likeness (QED) is 0.941. The Morgan fingerprint density at radius 2 is 2.22 bits per heavy atom. The first-order valence-electron chi connectivity index (χ1n) is 7.51. The van der Waals surface area contributed by atoms with Gasteiger partial charge in [-0.15, -0.1) is 0 Å². The summed E-state index contributed by atoms with van der Waals surface area (Å²) in [5.41, 5.74) is 0.915. The van der Waals surface area contributed by atoms with Crippen molar-refractivity contribution in [1.29, 1.82) is 0 Å². The number of aromatic nitrogens is 2. The van der Waals surface area contributed by atoms with E-state index in [0.29, 0.717) is 0 Å². The second-order valence-corrected chi connectivity index (χ2v) is 5.68. The summed E-state index contributed by atoms with van der Waals surface area (Å²) < 4.78 is 28.5. The number of carbonyl (C=O) groups excluding carboxylic acids is 1. The Kier molecular flexibility index (Phi) is 4.38. The molecule has 1 fully saturated rings. The maximum absolute atomic E-state index is 13.6. The van der Waals surface area contributed by atoms with Gasteiger partial charge in [0, 0.05) is 19.3 Å². The number of hydrogen-bond acceptors (Lipinski definition) is 3. The van der Waals surface area contributed by atoms with E-state index < -0.39 is 11.6 Å². The van der Waals surface area contributed by atoms with Crippen LogP contribution in [0.1, 0.15) is 24.6 Å². The number of likely N-dealkylation sites (tertiary alicyclic amines) is 1. The van der Waals surface area contributed by atoms with Gasteiger partial charge < -0.3 is 5.32 Å². The second kappa shape index (κ2) is 6.45. The van der Waals surface area contributed by atoms with Crippen molar-refractivity contribution in [2.45, 2.75) is 18.9 Å². The van der Waals surface area contributed by atoms with E-state index in [9.17, 15) is 13.6 Å². The van der Waals surface area contributed by atoms with Crippen molar-refractivity contribution in [3.63, 3.8) is 0 Å². The van der Waals surface area contributed by atoms with Crippen molar-refractivity contribution in [1.82, 2.24) is 14.7 Å². The fourth-order valence-electron chi connectivity index (χ4n) is 3.03. The summed E-state index contributed by atoms with van der Waals surface area (Å²) in [4.78, 5) is 14.2. The molecule has 1 atom stereocenters. The molecule has 1 N–H and O–H groups in total. The normalized spacial score (nSPS) is 18.3. The average molecular weight is 320 g/mol. The van der Waals surface area contributed by atoms with Crippen LogP contribution in [0.15, 0.2) is 30.5 Å².